The molecule has 0 aliphatic carbocycles. The molecule has 1 fully saturated rings. The number of Topliss-reactive ketones (excluding diaryl/α,β-unsaturated/α-hetero) is 1. The lowest BCUT2D eigenvalue weighted by molar-refractivity contribution is -0.121. The van der Waals surface area contributed by atoms with Crippen LogP contribution in [0.3, 0.4) is 0 Å². The number of hydrogen-bond donors (Lipinski definition) is 0. The number of imide groups is 1. The Morgan fingerprint density at radius 1 is 0.774 bits per heavy atom. The van der Waals surface area contributed by atoms with Crippen LogP contribution in [0, 0.1) is 5.92 Å². The number of para-hydroxylation sites is 1. The van der Waals surface area contributed by atoms with Crippen molar-refractivity contribution in [3.05, 3.63) is 95.5 Å². The molecule has 6 nitrogen and oxygen atoms in total. The van der Waals surface area contributed by atoms with Crippen LogP contribution in [-0.4, -0.2) is 29.4 Å². The highest BCUT2D eigenvalue weighted by Crippen LogP contribution is 2.38. The first-order valence-corrected chi connectivity index (χ1v) is 10.1. The standard InChI is InChI=1S/C24H16ClN3O3/c25-16-11-13-17(14-12-16)27-23(30)19-20(22(29)15-7-3-1-4-8-15)26-28(21(19)24(27)31)18-9-5-2-6-10-18/h1-14,19,21H/t19-,21+/m0/s1. The fourth-order valence-electron chi connectivity index (χ4n) is 3.98. The molecule has 1 saturated heterocycles. The second kappa shape index (κ2) is 7.49. The highest BCUT2D eigenvalue weighted by Gasteiger charge is 2.58. The Morgan fingerprint density at radius 2 is 1.39 bits per heavy atom. The van der Waals surface area contributed by atoms with Gasteiger partial charge in [-0.3, -0.25) is 19.4 Å². The van der Waals surface area contributed by atoms with Crippen LogP contribution in [0.4, 0.5) is 11.4 Å². The number of hydrogen-bond acceptors (Lipinski definition) is 5. The summed E-state index contributed by atoms with van der Waals surface area (Å²) in [4.78, 5) is 41.2. The number of carbonyl (C=O) groups excluding carboxylic acids is 3. The Morgan fingerprint density at radius 3 is 2.03 bits per heavy atom. The highest BCUT2D eigenvalue weighted by molar-refractivity contribution is 6.53. The molecule has 2 atom stereocenters. The molecule has 2 aliphatic heterocycles. The van der Waals surface area contributed by atoms with Crippen LogP contribution in [-0.2, 0) is 9.59 Å². The Labute approximate surface area is 183 Å². The molecular formula is C24H16ClN3O3. The third-order valence-electron chi connectivity index (χ3n) is 5.42. The van der Waals surface area contributed by atoms with Crippen LogP contribution >= 0.6 is 11.6 Å². The summed E-state index contributed by atoms with van der Waals surface area (Å²) < 4.78 is 0. The van der Waals surface area contributed by atoms with E-state index in [4.69, 9.17) is 11.6 Å². The quantitative estimate of drug-likeness (QED) is 0.465. The summed E-state index contributed by atoms with van der Waals surface area (Å²) in [6.07, 6.45) is 0. The van der Waals surface area contributed by atoms with Crippen LogP contribution < -0.4 is 9.91 Å². The van der Waals surface area contributed by atoms with Crippen LogP contribution in [0.1, 0.15) is 10.4 Å². The lowest BCUT2D eigenvalue weighted by atomic mass is 9.92. The minimum atomic E-state index is -0.990. The topological polar surface area (TPSA) is 70.1 Å². The molecule has 3 aromatic rings. The molecular weight excluding hydrogens is 414 g/mol. The van der Waals surface area contributed by atoms with Crippen molar-refractivity contribution in [2.24, 2.45) is 11.0 Å². The second-order valence-electron chi connectivity index (χ2n) is 7.27. The molecule has 2 amide bonds. The first kappa shape index (κ1) is 19.2. The van der Waals surface area contributed by atoms with E-state index >= 15 is 0 Å². The van der Waals surface area contributed by atoms with Crippen LogP contribution in [0.25, 0.3) is 0 Å². The number of hydrazone groups is 1. The molecule has 0 N–H and O–H groups in total. The molecule has 5 rings (SSSR count). The average molecular weight is 430 g/mol. The summed E-state index contributed by atoms with van der Waals surface area (Å²) in [6.45, 7) is 0. The predicted octanol–water partition coefficient (Wildman–Crippen LogP) is 3.96. The molecule has 7 heteroatoms. The van der Waals surface area contributed by atoms with Gasteiger partial charge in [0.2, 0.25) is 11.7 Å². The maximum Gasteiger partial charge on any atom is 0.259 e. The normalized spacial score (nSPS) is 20.1. The smallest absolute Gasteiger partial charge is 0.259 e. The van der Waals surface area contributed by atoms with Crippen molar-refractivity contribution in [3.8, 4) is 0 Å². The van der Waals surface area contributed by atoms with Gasteiger partial charge in [-0.1, -0.05) is 60.1 Å². The first-order chi connectivity index (χ1) is 15.1. The second-order valence-corrected chi connectivity index (χ2v) is 7.71. The number of benzene rings is 3. The third kappa shape index (κ3) is 3.12. The molecule has 0 spiro atoms. The number of amides is 2. The summed E-state index contributed by atoms with van der Waals surface area (Å²) in [5.41, 5.74) is 1.52. The van der Waals surface area contributed by atoms with Crippen molar-refractivity contribution in [2.75, 3.05) is 9.91 Å². The number of rotatable bonds is 4. The number of anilines is 2. The molecule has 0 radical (unpaired) electrons. The lowest BCUT2D eigenvalue weighted by Crippen LogP contribution is -2.39. The van der Waals surface area contributed by atoms with Gasteiger partial charge in [-0.05, 0) is 36.4 Å². The maximum atomic E-state index is 13.4. The predicted molar refractivity (Wildman–Crippen MR) is 118 cm³/mol. The van der Waals surface area contributed by atoms with Crippen molar-refractivity contribution >= 4 is 46.3 Å². The van der Waals surface area contributed by atoms with Crippen molar-refractivity contribution in [3.63, 3.8) is 0 Å². The minimum Gasteiger partial charge on any atom is -0.287 e. The summed E-state index contributed by atoms with van der Waals surface area (Å²) in [7, 11) is 0. The number of fused-ring (bicyclic) bond motifs is 1. The van der Waals surface area contributed by atoms with E-state index in [0.717, 1.165) is 4.90 Å². The van der Waals surface area contributed by atoms with Crippen molar-refractivity contribution in [1.82, 2.24) is 0 Å². The fraction of sp³-hybridized carbons (Fsp3) is 0.0833. The van der Waals surface area contributed by atoms with Crippen molar-refractivity contribution < 1.29 is 14.4 Å². The number of carbonyl (C=O) groups is 3. The van der Waals surface area contributed by atoms with E-state index in [9.17, 15) is 14.4 Å². The summed E-state index contributed by atoms with van der Waals surface area (Å²) in [5, 5.41) is 6.45. The Kier molecular flexibility index (Phi) is 4.64. The van der Waals surface area contributed by atoms with Gasteiger partial charge in [0.1, 0.15) is 17.7 Å². The molecule has 31 heavy (non-hydrogen) atoms. The van der Waals surface area contributed by atoms with E-state index in [-0.39, 0.29) is 11.5 Å². The minimum absolute atomic E-state index is 0.0647. The zero-order valence-electron chi connectivity index (χ0n) is 16.2. The van der Waals surface area contributed by atoms with E-state index in [0.29, 0.717) is 22.0 Å². The van der Waals surface area contributed by atoms with Gasteiger partial charge in [-0.2, -0.15) is 5.10 Å². The fourth-order valence-corrected chi connectivity index (χ4v) is 4.10. The average Bonchev–Trinajstić information content (AvgIpc) is 3.32. The van der Waals surface area contributed by atoms with Crippen LogP contribution in [0.2, 0.25) is 5.02 Å². The molecule has 0 aromatic heterocycles. The van der Waals surface area contributed by atoms with Gasteiger partial charge in [-0.15, -0.1) is 0 Å². The van der Waals surface area contributed by atoms with E-state index in [1.165, 1.54) is 5.01 Å². The Hall–Kier alpha value is -3.77. The Balaban J connectivity index is 1.61. The SMILES string of the molecule is O=C(C1=NN(c2ccccc2)[C@H]2C(=O)N(c3ccc(Cl)cc3)C(=O)[C@@H]12)c1ccccc1. The third-order valence-corrected chi connectivity index (χ3v) is 5.68. The van der Waals surface area contributed by atoms with Gasteiger partial charge in [0.05, 0.1) is 11.4 Å². The van der Waals surface area contributed by atoms with E-state index in [1.54, 1.807) is 66.7 Å². The number of halogens is 1. The zero-order valence-corrected chi connectivity index (χ0v) is 16.9. The van der Waals surface area contributed by atoms with Gasteiger partial charge in [0.25, 0.3) is 5.91 Å². The summed E-state index contributed by atoms with van der Waals surface area (Å²) in [6, 6.07) is 23.2. The molecule has 2 aliphatic rings. The van der Waals surface area contributed by atoms with Crippen LogP contribution in [0.15, 0.2) is 90.0 Å². The molecule has 0 saturated carbocycles. The van der Waals surface area contributed by atoms with Crippen molar-refractivity contribution in [1.29, 1.82) is 0 Å². The monoisotopic (exact) mass is 429 g/mol. The Bertz CT molecular complexity index is 1210. The van der Waals surface area contributed by atoms with Gasteiger partial charge in [0.15, 0.2) is 0 Å². The zero-order chi connectivity index (χ0) is 21.5. The number of ketones is 1. The van der Waals surface area contributed by atoms with E-state index in [1.807, 2.05) is 18.2 Å². The molecule has 152 valence electrons. The van der Waals surface area contributed by atoms with Gasteiger partial charge in [0, 0.05) is 10.6 Å². The van der Waals surface area contributed by atoms with Crippen molar-refractivity contribution in [2.45, 2.75) is 6.04 Å². The van der Waals surface area contributed by atoms with Gasteiger partial charge in [-0.25, -0.2) is 4.90 Å². The molecule has 3 aromatic carbocycles. The molecule has 0 unspecified atom stereocenters. The summed E-state index contributed by atoms with van der Waals surface area (Å²) in [5.74, 6) is -2.26. The first-order valence-electron chi connectivity index (χ1n) is 9.72. The van der Waals surface area contributed by atoms with Gasteiger partial charge < -0.3 is 0 Å². The maximum absolute atomic E-state index is 13.4. The summed E-state index contributed by atoms with van der Waals surface area (Å²) >= 11 is 5.96. The van der Waals surface area contributed by atoms with E-state index in [2.05, 4.69) is 5.10 Å². The number of nitrogens with zero attached hydrogens (tertiary/aromatic N) is 3. The van der Waals surface area contributed by atoms with E-state index < -0.39 is 23.8 Å². The molecule has 0 bridgehead atoms. The van der Waals surface area contributed by atoms with Gasteiger partial charge >= 0.3 is 0 Å². The lowest BCUT2D eigenvalue weighted by Gasteiger charge is -2.22. The largest absolute Gasteiger partial charge is 0.287 e. The van der Waals surface area contributed by atoms with Crippen LogP contribution in [0.5, 0.6) is 0 Å². The highest BCUT2D eigenvalue weighted by atomic mass is 35.5. The molecule has 2 heterocycles.